The van der Waals surface area contributed by atoms with Crippen molar-refractivity contribution in [2.75, 3.05) is 0 Å². The van der Waals surface area contributed by atoms with Crippen LogP contribution in [0.5, 0.6) is 0 Å². The molecular formula is C19H16F3N3O2S. The second-order valence-corrected chi connectivity index (χ2v) is 7.62. The number of hydrogen-bond acceptors (Lipinski definition) is 5. The smallest absolute Gasteiger partial charge is 0.350 e. The second-order valence-electron chi connectivity index (χ2n) is 6.59. The molecule has 1 unspecified atom stereocenters. The maximum absolute atomic E-state index is 12.8. The largest absolute Gasteiger partial charge is 0.458 e. The number of halogens is 3. The number of aliphatic hydroxyl groups is 1. The lowest BCUT2D eigenvalue weighted by Crippen LogP contribution is -2.45. The van der Waals surface area contributed by atoms with Crippen LogP contribution in [-0.2, 0) is 17.8 Å². The fourth-order valence-electron chi connectivity index (χ4n) is 2.93. The average Bonchev–Trinajstić information content (AvgIpc) is 3.38. The first-order valence-corrected chi connectivity index (χ1v) is 9.37. The number of nitrogens with zero attached hydrogens (tertiary/aromatic N) is 3. The van der Waals surface area contributed by atoms with Crippen molar-refractivity contribution in [3.05, 3.63) is 75.7 Å². The van der Waals surface area contributed by atoms with E-state index in [4.69, 9.17) is 0 Å². The molecule has 1 aromatic carbocycles. The van der Waals surface area contributed by atoms with Crippen LogP contribution < -0.4 is 0 Å². The van der Waals surface area contributed by atoms with Crippen molar-refractivity contribution in [2.45, 2.75) is 31.3 Å². The van der Waals surface area contributed by atoms with Crippen LogP contribution in [0, 0.1) is 0 Å². The van der Waals surface area contributed by atoms with Crippen LogP contribution >= 0.6 is 11.3 Å². The Bertz CT molecular complexity index is 981. The van der Waals surface area contributed by atoms with E-state index < -0.39 is 18.4 Å². The number of rotatable bonds is 5. The van der Waals surface area contributed by atoms with Crippen LogP contribution in [0.25, 0.3) is 0 Å². The van der Waals surface area contributed by atoms with Crippen LogP contribution in [-0.4, -0.2) is 32.6 Å². The fourth-order valence-corrected chi connectivity index (χ4v) is 3.62. The van der Waals surface area contributed by atoms with Gasteiger partial charge < -0.3 is 9.94 Å². The maximum Gasteiger partial charge on any atom is 0.458 e. The molecule has 1 N–H and O–H groups in total. The Labute approximate surface area is 162 Å². The van der Waals surface area contributed by atoms with E-state index in [0.29, 0.717) is 12.0 Å². The number of benzene rings is 1. The predicted octanol–water partition coefficient (Wildman–Crippen LogP) is 3.96. The van der Waals surface area contributed by atoms with Gasteiger partial charge in [-0.15, -0.1) is 11.3 Å². The molecule has 0 aliphatic carbocycles. The molecule has 4 rings (SSSR count). The van der Waals surface area contributed by atoms with Gasteiger partial charge in [-0.1, -0.05) is 35.5 Å². The van der Waals surface area contributed by atoms with Gasteiger partial charge in [-0.25, -0.2) is 0 Å². The molecule has 1 atom stereocenters. The Morgan fingerprint density at radius 1 is 1.18 bits per heavy atom. The summed E-state index contributed by atoms with van der Waals surface area (Å²) in [5.41, 5.74) is 2.58. The van der Waals surface area contributed by atoms with Gasteiger partial charge in [-0.05, 0) is 28.1 Å². The third-order valence-corrected chi connectivity index (χ3v) is 5.30. The molecule has 3 heterocycles. The van der Waals surface area contributed by atoms with Gasteiger partial charge in [0.25, 0.3) is 0 Å². The van der Waals surface area contributed by atoms with Gasteiger partial charge in [0.15, 0.2) is 0 Å². The lowest BCUT2D eigenvalue weighted by Gasteiger charge is -2.22. The Morgan fingerprint density at radius 3 is 2.61 bits per heavy atom. The van der Waals surface area contributed by atoms with Crippen LogP contribution in [0.15, 0.2) is 59.3 Å². The summed E-state index contributed by atoms with van der Waals surface area (Å²) in [5, 5.41) is 19.3. The second kappa shape index (κ2) is 7.06. The maximum atomic E-state index is 12.8. The molecule has 28 heavy (non-hydrogen) atoms. The van der Waals surface area contributed by atoms with Crippen molar-refractivity contribution >= 4 is 17.0 Å². The molecule has 0 saturated carbocycles. The molecule has 5 nitrogen and oxygen atoms in total. The zero-order valence-electron chi connectivity index (χ0n) is 14.6. The lowest BCUT2D eigenvalue weighted by molar-refractivity contribution is -0.355. The van der Waals surface area contributed by atoms with Gasteiger partial charge in [0.2, 0.25) is 0 Å². The predicted molar refractivity (Wildman–Crippen MR) is 98.1 cm³/mol. The van der Waals surface area contributed by atoms with Crippen LogP contribution in [0.2, 0.25) is 0 Å². The minimum Gasteiger partial charge on any atom is -0.350 e. The molecule has 0 radical (unpaired) electrons. The summed E-state index contributed by atoms with van der Waals surface area (Å²) in [6, 6.07) is 11.0. The van der Waals surface area contributed by atoms with E-state index >= 15 is 0 Å². The molecule has 3 aromatic rings. The molecule has 0 saturated heterocycles. The van der Waals surface area contributed by atoms with E-state index in [2.05, 4.69) is 21.2 Å². The first kappa shape index (κ1) is 18.7. The Balaban J connectivity index is 1.40. The summed E-state index contributed by atoms with van der Waals surface area (Å²) in [5.74, 6) is -3.25. The molecule has 146 valence electrons. The van der Waals surface area contributed by atoms with Crippen LogP contribution in [0.4, 0.5) is 13.2 Å². The number of hydrogen-bond donors (Lipinski definition) is 1. The summed E-state index contributed by atoms with van der Waals surface area (Å²) in [4.78, 5) is 5.47. The first-order chi connectivity index (χ1) is 13.3. The summed E-state index contributed by atoms with van der Waals surface area (Å²) in [6.45, 7) is 0.721. The van der Waals surface area contributed by atoms with Crippen molar-refractivity contribution in [2.24, 2.45) is 5.16 Å². The fraction of sp³-hybridized carbons (Fsp3) is 0.263. The number of alkyl halides is 3. The summed E-state index contributed by atoms with van der Waals surface area (Å²) < 4.78 is 40.3. The van der Waals surface area contributed by atoms with Gasteiger partial charge in [0, 0.05) is 17.5 Å². The zero-order chi connectivity index (χ0) is 19.8. The standard InChI is InChI=1S/C19H16F3N3O2S/c20-19(21,22)18(26)9-17(24-27-18)15-5-3-13(4-6-15)8-14-10-23-25(11-14)12-16-2-1-7-28-16/h1-7,10-11,26H,8-9,12H2. The summed E-state index contributed by atoms with van der Waals surface area (Å²) >= 11 is 1.68. The van der Waals surface area contributed by atoms with Crippen molar-refractivity contribution < 1.29 is 23.1 Å². The van der Waals surface area contributed by atoms with E-state index in [-0.39, 0.29) is 5.71 Å². The molecule has 0 bridgehead atoms. The van der Waals surface area contributed by atoms with E-state index in [9.17, 15) is 18.3 Å². The van der Waals surface area contributed by atoms with Gasteiger partial charge >= 0.3 is 12.0 Å². The van der Waals surface area contributed by atoms with Crippen molar-refractivity contribution in [3.8, 4) is 0 Å². The molecule has 0 fully saturated rings. The van der Waals surface area contributed by atoms with Crippen LogP contribution in [0.1, 0.15) is 28.0 Å². The molecule has 1 aliphatic heterocycles. The zero-order valence-corrected chi connectivity index (χ0v) is 15.4. The molecule has 1 aliphatic rings. The topological polar surface area (TPSA) is 59.6 Å². The molecule has 2 aromatic heterocycles. The first-order valence-electron chi connectivity index (χ1n) is 8.50. The third kappa shape index (κ3) is 3.81. The van der Waals surface area contributed by atoms with E-state index in [1.165, 1.54) is 4.88 Å². The van der Waals surface area contributed by atoms with Gasteiger partial charge in [-0.2, -0.15) is 18.3 Å². The quantitative estimate of drug-likeness (QED) is 0.697. The molecular weight excluding hydrogens is 391 g/mol. The van der Waals surface area contributed by atoms with Crippen LogP contribution in [0.3, 0.4) is 0 Å². The highest BCUT2D eigenvalue weighted by atomic mass is 32.1. The number of aromatic nitrogens is 2. The summed E-state index contributed by atoms with van der Waals surface area (Å²) in [7, 11) is 0. The monoisotopic (exact) mass is 407 g/mol. The van der Waals surface area contributed by atoms with Crippen molar-refractivity contribution in [1.82, 2.24) is 9.78 Å². The molecule has 0 spiro atoms. The Morgan fingerprint density at radius 2 is 1.96 bits per heavy atom. The SMILES string of the molecule is OC1(C(F)(F)F)CC(c2ccc(Cc3cnn(Cc4cccs4)c3)cc2)=NO1. The number of oxime groups is 1. The minimum atomic E-state index is -4.90. The summed E-state index contributed by atoms with van der Waals surface area (Å²) in [6.07, 6.45) is -1.20. The normalized spacial score (nSPS) is 19.5. The van der Waals surface area contributed by atoms with Gasteiger partial charge in [0.1, 0.15) is 0 Å². The van der Waals surface area contributed by atoms with Crippen molar-refractivity contribution in [1.29, 1.82) is 0 Å². The highest BCUT2D eigenvalue weighted by Gasteiger charge is 2.60. The van der Waals surface area contributed by atoms with Gasteiger partial charge in [0.05, 0.1) is 24.9 Å². The molecule has 0 amide bonds. The third-order valence-electron chi connectivity index (χ3n) is 4.44. The van der Waals surface area contributed by atoms with Crippen molar-refractivity contribution in [3.63, 3.8) is 0 Å². The minimum absolute atomic E-state index is 0.0649. The Kier molecular flexibility index (Phi) is 4.72. The van der Waals surface area contributed by atoms with E-state index in [1.54, 1.807) is 29.7 Å². The van der Waals surface area contributed by atoms with Gasteiger partial charge in [-0.3, -0.25) is 4.68 Å². The number of thiophene rings is 1. The highest BCUT2D eigenvalue weighted by molar-refractivity contribution is 7.09. The van der Waals surface area contributed by atoms with E-state index in [0.717, 1.165) is 17.7 Å². The lowest BCUT2D eigenvalue weighted by atomic mass is 10.00. The average molecular weight is 407 g/mol. The Hall–Kier alpha value is -2.65. The molecule has 9 heteroatoms. The van der Waals surface area contributed by atoms with E-state index in [1.807, 2.05) is 34.5 Å². The highest BCUT2D eigenvalue weighted by Crippen LogP contribution is 2.38.